The molecule has 2 heterocycles. The topological polar surface area (TPSA) is 100 Å². The van der Waals surface area contributed by atoms with E-state index in [-0.39, 0.29) is 6.42 Å². The molecule has 7 nitrogen and oxygen atoms in total. The molecule has 0 bridgehead atoms. The number of rotatable bonds is 3. The minimum Gasteiger partial charge on any atom is -0.481 e. The number of aromatic amines is 1. The Bertz CT molecular complexity index is 529. The zero-order valence-corrected chi connectivity index (χ0v) is 8.51. The SMILES string of the molecule is COc1cc(-c2n[nH]c(CC#N)n2)ncn1. The summed E-state index contributed by atoms with van der Waals surface area (Å²) in [5, 5.41) is 15.1. The maximum Gasteiger partial charge on any atom is 0.216 e. The number of methoxy groups -OCH3 is 1. The van der Waals surface area contributed by atoms with Crippen molar-refractivity contribution in [2.75, 3.05) is 7.11 Å². The lowest BCUT2D eigenvalue weighted by molar-refractivity contribution is 0.397. The maximum atomic E-state index is 8.50. The van der Waals surface area contributed by atoms with E-state index < -0.39 is 0 Å². The van der Waals surface area contributed by atoms with Gasteiger partial charge < -0.3 is 4.74 Å². The second-order valence-corrected chi connectivity index (χ2v) is 2.89. The van der Waals surface area contributed by atoms with Crippen molar-refractivity contribution >= 4 is 0 Å². The van der Waals surface area contributed by atoms with Gasteiger partial charge in [0.1, 0.15) is 17.8 Å². The smallest absolute Gasteiger partial charge is 0.216 e. The van der Waals surface area contributed by atoms with Gasteiger partial charge in [-0.1, -0.05) is 0 Å². The molecule has 0 aliphatic heterocycles. The molecule has 0 aliphatic rings. The highest BCUT2D eigenvalue weighted by atomic mass is 16.5. The summed E-state index contributed by atoms with van der Waals surface area (Å²) in [5.74, 6) is 1.37. The van der Waals surface area contributed by atoms with Crippen LogP contribution in [0.3, 0.4) is 0 Å². The normalized spacial score (nSPS) is 9.75. The van der Waals surface area contributed by atoms with Crippen LogP contribution in [-0.2, 0) is 6.42 Å². The highest BCUT2D eigenvalue weighted by molar-refractivity contribution is 5.49. The van der Waals surface area contributed by atoms with Gasteiger partial charge in [-0.3, -0.25) is 5.10 Å². The van der Waals surface area contributed by atoms with Crippen molar-refractivity contribution < 1.29 is 4.74 Å². The van der Waals surface area contributed by atoms with Crippen LogP contribution >= 0.6 is 0 Å². The van der Waals surface area contributed by atoms with Gasteiger partial charge in [-0.15, -0.1) is 0 Å². The first-order valence-electron chi connectivity index (χ1n) is 4.48. The van der Waals surface area contributed by atoms with Crippen molar-refractivity contribution in [3.63, 3.8) is 0 Å². The Labute approximate surface area is 91.1 Å². The minimum absolute atomic E-state index is 0.190. The first kappa shape index (κ1) is 10.0. The average molecular weight is 216 g/mol. The first-order valence-corrected chi connectivity index (χ1v) is 4.48. The monoisotopic (exact) mass is 216 g/mol. The van der Waals surface area contributed by atoms with Crippen LogP contribution in [-0.4, -0.2) is 32.3 Å². The molecule has 0 amide bonds. The molecule has 0 saturated heterocycles. The fourth-order valence-electron chi connectivity index (χ4n) is 1.14. The van der Waals surface area contributed by atoms with Gasteiger partial charge in [0, 0.05) is 6.07 Å². The molecule has 1 N–H and O–H groups in total. The molecule has 16 heavy (non-hydrogen) atoms. The molecule has 80 valence electrons. The van der Waals surface area contributed by atoms with Crippen LogP contribution < -0.4 is 4.74 Å². The quantitative estimate of drug-likeness (QED) is 0.793. The van der Waals surface area contributed by atoms with E-state index in [2.05, 4.69) is 25.1 Å². The van der Waals surface area contributed by atoms with E-state index in [9.17, 15) is 0 Å². The third kappa shape index (κ3) is 1.95. The molecule has 7 heteroatoms. The second-order valence-electron chi connectivity index (χ2n) is 2.89. The van der Waals surface area contributed by atoms with Crippen molar-refractivity contribution in [2.24, 2.45) is 0 Å². The summed E-state index contributed by atoms with van der Waals surface area (Å²) < 4.78 is 4.96. The molecule has 0 saturated carbocycles. The summed E-state index contributed by atoms with van der Waals surface area (Å²) in [6.45, 7) is 0. The number of hydrogen-bond acceptors (Lipinski definition) is 6. The Morgan fingerprint density at radius 2 is 2.38 bits per heavy atom. The van der Waals surface area contributed by atoms with Gasteiger partial charge in [-0.25, -0.2) is 15.0 Å². The fourth-order valence-corrected chi connectivity index (χ4v) is 1.14. The van der Waals surface area contributed by atoms with Gasteiger partial charge in [-0.2, -0.15) is 10.4 Å². The standard InChI is InChI=1S/C9H8N6O/c1-16-8-4-6(11-5-12-8)9-13-7(2-3-10)14-15-9/h4-5H,2H2,1H3,(H,13,14,15). The minimum atomic E-state index is 0.190. The molecular formula is C9H8N6O. The summed E-state index contributed by atoms with van der Waals surface area (Å²) in [5.41, 5.74) is 0.548. The number of H-pyrrole nitrogens is 1. The Kier molecular flexibility index (Phi) is 2.73. The van der Waals surface area contributed by atoms with Gasteiger partial charge in [0.25, 0.3) is 0 Å². The van der Waals surface area contributed by atoms with Crippen LogP contribution in [0.4, 0.5) is 0 Å². The zero-order chi connectivity index (χ0) is 11.4. The summed E-state index contributed by atoms with van der Waals surface area (Å²) in [4.78, 5) is 12.0. The molecule has 2 aromatic heterocycles. The number of nitrogens with one attached hydrogen (secondary N) is 1. The Balaban J connectivity index is 2.31. The van der Waals surface area contributed by atoms with E-state index in [1.807, 2.05) is 6.07 Å². The number of hydrogen-bond donors (Lipinski definition) is 1. The van der Waals surface area contributed by atoms with Gasteiger partial charge >= 0.3 is 0 Å². The summed E-state index contributed by atoms with van der Waals surface area (Å²) in [6.07, 6.45) is 1.56. The highest BCUT2D eigenvalue weighted by Gasteiger charge is 2.08. The lowest BCUT2D eigenvalue weighted by atomic mass is 10.4. The van der Waals surface area contributed by atoms with Crippen LogP contribution in [0.2, 0.25) is 0 Å². The Morgan fingerprint density at radius 3 is 3.12 bits per heavy atom. The lowest BCUT2D eigenvalue weighted by Crippen LogP contribution is -1.92. The van der Waals surface area contributed by atoms with Gasteiger partial charge in [-0.05, 0) is 0 Å². The molecule has 2 rings (SSSR count). The molecule has 0 atom stereocenters. The average Bonchev–Trinajstić information content (AvgIpc) is 2.78. The predicted octanol–water partition coefficient (Wildman–Crippen LogP) is 0.336. The maximum absolute atomic E-state index is 8.50. The fraction of sp³-hybridized carbons (Fsp3) is 0.222. The Hall–Kier alpha value is -2.49. The number of nitriles is 1. The molecule has 0 spiro atoms. The number of aromatic nitrogens is 5. The molecule has 0 aliphatic carbocycles. The van der Waals surface area contributed by atoms with Crippen molar-refractivity contribution in [3.05, 3.63) is 18.2 Å². The van der Waals surface area contributed by atoms with E-state index in [1.165, 1.54) is 13.4 Å². The van der Waals surface area contributed by atoms with Crippen LogP contribution in [0.1, 0.15) is 5.82 Å². The lowest BCUT2D eigenvalue weighted by Gasteiger charge is -1.98. The number of ether oxygens (including phenoxy) is 1. The Morgan fingerprint density at radius 1 is 1.50 bits per heavy atom. The molecule has 0 radical (unpaired) electrons. The largest absolute Gasteiger partial charge is 0.481 e. The van der Waals surface area contributed by atoms with Gasteiger partial charge in [0.2, 0.25) is 5.88 Å². The molecular weight excluding hydrogens is 208 g/mol. The van der Waals surface area contributed by atoms with Crippen LogP contribution in [0.25, 0.3) is 11.5 Å². The number of nitrogens with zero attached hydrogens (tertiary/aromatic N) is 5. The summed E-state index contributed by atoms with van der Waals surface area (Å²) in [7, 11) is 1.52. The third-order valence-corrected chi connectivity index (χ3v) is 1.86. The van der Waals surface area contributed by atoms with E-state index in [1.54, 1.807) is 6.07 Å². The van der Waals surface area contributed by atoms with E-state index in [0.29, 0.717) is 23.2 Å². The second kappa shape index (κ2) is 4.35. The summed E-state index contributed by atoms with van der Waals surface area (Å²) >= 11 is 0. The molecule has 0 unspecified atom stereocenters. The van der Waals surface area contributed by atoms with E-state index in [0.717, 1.165) is 0 Å². The van der Waals surface area contributed by atoms with E-state index >= 15 is 0 Å². The highest BCUT2D eigenvalue weighted by Crippen LogP contribution is 2.15. The van der Waals surface area contributed by atoms with Crippen molar-refractivity contribution in [1.29, 1.82) is 5.26 Å². The molecule has 0 fully saturated rings. The van der Waals surface area contributed by atoms with Crippen LogP contribution in [0.15, 0.2) is 12.4 Å². The first-order chi connectivity index (χ1) is 7.83. The third-order valence-electron chi connectivity index (χ3n) is 1.86. The van der Waals surface area contributed by atoms with Gasteiger partial charge in [0.15, 0.2) is 5.82 Å². The summed E-state index contributed by atoms with van der Waals surface area (Å²) in [6, 6.07) is 3.60. The van der Waals surface area contributed by atoms with Crippen molar-refractivity contribution in [3.8, 4) is 23.5 Å². The van der Waals surface area contributed by atoms with Crippen molar-refractivity contribution in [1.82, 2.24) is 25.1 Å². The molecule has 2 aromatic rings. The zero-order valence-electron chi connectivity index (χ0n) is 8.51. The molecule has 0 aromatic carbocycles. The van der Waals surface area contributed by atoms with Gasteiger partial charge in [0.05, 0.1) is 19.6 Å². The van der Waals surface area contributed by atoms with Crippen LogP contribution in [0.5, 0.6) is 5.88 Å². The van der Waals surface area contributed by atoms with E-state index in [4.69, 9.17) is 10.00 Å². The predicted molar refractivity (Wildman–Crippen MR) is 53.3 cm³/mol. The van der Waals surface area contributed by atoms with Crippen LogP contribution in [0, 0.1) is 11.3 Å². The van der Waals surface area contributed by atoms with Crippen molar-refractivity contribution in [2.45, 2.75) is 6.42 Å².